The van der Waals surface area contributed by atoms with Gasteiger partial charge in [-0.2, -0.15) is 0 Å². The summed E-state index contributed by atoms with van der Waals surface area (Å²) in [4.78, 5) is 14.0. The summed E-state index contributed by atoms with van der Waals surface area (Å²) in [6.07, 6.45) is 2.15. The summed E-state index contributed by atoms with van der Waals surface area (Å²) in [6.45, 7) is 3.98. The van der Waals surface area contributed by atoms with Gasteiger partial charge in [0.25, 0.3) is 5.91 Å². The van der Waals surface area contributed by atoms with Crippen LogP contribution < -0.4 is 5.32 Å². The van der Waals surface area contributed by atoms with Crippen LogP contribution in [0, 0.1) is 0 Å². The summed E-state index contributed by atoms with van der Waals surface area (Å²) in [5, 5.41) is 6.71. The predicted molar refractivity (Wildman–Crippen MR) is 63.1 cm³/mol. The molecular formula is C12H17N3O3. The van der Waals surface area contributed by atoms with Crippen LogP contribution in [-0.4, -0.2) is 48.3 Å². The first-order valence-electron chi connectivity index (χ1n) is 6.38. The van der Waals surface area contributed by atoms with Crippen LogP contribution in [0.1, 0.15) is 29.1 Å². The van der Waals surface area contributed by atoms with Gasteiger partial charge in [-0.25, -0.2) is 0 Å². The number of nitrogens with zero attached hydrogens (tertiary/aromatic N) is 2. The van der Waals surface area contributed by atoms with Gasteiger partial charge in [0.05, 0.1) is 19.8 Å². The largest absolute Gasteiger partial charge is 0.379 e. The molecule has 0 atom stereocenters. The van der Waals surface area contributed by atoms with Gasteiger partial charge < -0.3 is 14.6 Å². The zero-order valence-electron chi connectivity index (χ0n) is 10.2. The molecule has 98 valence electrons. The molecule has 1 N–H and O–H groups in total. The number of rotatable bonds is 4. The van der Waals surface area contributed by atoms with Gasteiger partial charge in [0, 0.05) is 25.2 Å². The molecule has 1 aliphatic carbocycles. The van der Waals surface area contributed by atoms with E-state index in [0.717, 1.165) is 44.9 Å². The number of carbonyl (C=O) groups excluding carboxylic acids is 1. The summed E-state index contributed by atoms with van der Waals surface area (Å²) in [5.41, 5.74) is 0.380. The van der Waals surface area contributed by atoms with E-state index in [1.165, 1.54) is 0 Å². The van der Waals surface area contributed by atoms with E-state index >= 15 is 0 Å². The fourth-order valence-electron chi connectivity index (χ4n) is 1.96. The quantitative estimate of drug-likeness (QED) is 0.839. The molecular weight excluding hydrogens is 234 g/mol. The summed E-state index contributed by atoms with van der Waals surface area (Å²) >= 11 is 0. The lowest BCUT2D eigenvalue weighted by Crippen LogP contribution is -2.35. The maximum Gasteiger partial charge on any atom is 0.273 e. The highest BCUT2D eigenvalue weighted by atomic mass is 16.5. The molecule has 2 fully saturated rings. The van der Waals surface area contributed by atoms with Gasteiger partial charge in [0.1, 0.15) is 0 Å². The Morgan fingerprint density at radius 1 is 1.44 bits per heavy atom. The zero-order valence-corrected chi connectivity index (χ0v) is 10.2. The molecule has 1 saturated carbocycles. The van der Waals surface area contributed by atoms with Crippen LogP contribution in [0.15, 0.2) is 10.6 Å². The Balaban J connectivity index is 1.56. The molecule has 0 radical (unpaired) electrons. The zero-order chi connectivity index (χ0) is 12.4. The molecule has 2 heterocycles. The molecule has 1 saturated heterocycles. The molecule has 6 heteroatoms. The summed E-state index contributed by atoms with van der Waals surface area (Å²) < 4.78 is 10.5. The topological polar surface area (TPSA) is 67.6 Å². The first-order chi connectivity index (χ1) is 8.81. The second-order valence-electron chi connectivity index (χ2n) is 4.81. The van der Waals surface area contributed by atoms with Crippen molar-refractivity contribution in [2.24, 2.45) is 0 Å². The number of carbonyl (C=O) groups is 1. The second-order valence-corrected chi connectivity index (χ2v) is 4.81. The number of nitrogens with one attached hydrogen (secondary N) is 1. The van der Waals surface area contributed by atoms with Crippen LogP contribution in [0.4, 0.5) is 0 Å². The molecule has 0 unspecified atom stereocenters. The lowest BCUT2D eigenvalue weighted by atomic mass is 10.3. The smallest absolute Gasteiger partial charge is 0.273 e. The van der Waals surface area contributed by atoms with E-state index in [1.54, 1.807) is 6.07 Å². The lowest BCUT2D eigenvalue weighted by Gasteiger charge is -2.25. The van der Waals surface area contributed by atoms with Crippen LogP contribution in [0.2, 0.25) is 0 Å². The standard InChI is InChI=1S/C12H17N3O3/c16-12(13-9-1-2-9)11-7-10(18-14-11)8-15-3-5-17-6-4-15/h7,9H,1-6,8H2,(H,13,16). The van der Waals surface area contributed by atoms with Gasteiger partial charge in [-0.3, -0.25) is 9.69 Å². The van der Waals surface area contributed by atoms with E-state index in [4.69, 9.17) is 9.26 Å². The molecule has 3 rings (SSSR count). The number of amides is 1. The van der Waals surface area contributed by atoms with Crippen LogP contribution >= 0.6 is 0 Å². The molecule has 18 heavy (non-hydrogen) atoms. The molecule has 1 aromatic rings. The van der Waals surface area contributed by atoms with Crippen LogP contribution in [0.5, 0.6) is 0 Å². The molecule has 2 aliphatic rings. The van der Waals surface area contributed by atoms with Gasteiger partial charge in [0.15, 0.2) is 11.5 Å². The highest BCUT2D eigenvalue weighted by Gasteiger charge is 2.25. The number of morpholine rings is 1. The van der Waals surface area contributed by atoms with Crippen LogP contribution in [0.25, 0.3) is 0 Å². The minimum atomic E-state index is -0.130. The van der Waals surface area contributed by atoms with Crippen molar-refractivity contribution in [3.8, 4) is 0 Å². The Morgan fingerprint density at radius 2 is 2.22 bits per heavy atom. The molecule has 6 nitrogen and oxygen atoms in total. The van der Waals surface area contributed by atoms with E-state index < -0.39 is 0 Å². The first kappa shape index (κ1) is 11.7. The van der Waals surface area contributed by atoms with Crippen LogP contribution in [-0.2, 0) is 11.3 Å². The number of hydrogen-bond donors (Lipinski definition) is 1. The monoisotopic (exact) mass is 251 g/mol. The van der Waals surface area contributed by atoms with Crippen molar-refractivity contribution in [2.45, 2.75) is 25.4 Å². The van der Waals surface area contributed by atoms with Gasteiger partial charge in [-0.1, -0.05) is 5.16 Å². The Morgan fingerprint density at radius 3 is 2.94 bits per heavy atom. The lowest BCUT2D eigenvalue weighted by molar-refractivity contribution is 0.0305. The maximum atomic E-state index is 11.7. The fraction of sp³-hybridized carbons (Fsp3) is 0.667. The highest BCUT2D eigenvalue weighted by molar-refractivity contribution is 5.92. The molecule has 1 aromatic heterocycles. The summed E-state index contributed by atoms with van der Waals surface area (Å²) in [6, 6.07) is 2.07. The van der Waals surface area contributed by atoms with Crippen LogP contribution in [0.3, 0.4) is 0 Å². The van der Waals surface area contributed by atoms with Crippen molar-refractivity contribution < 1.29 is 14.1 Å². The van der Waals surface area contributed by atoms with Crippen molar-refractivity contribution in [3.63, 3.8) is 0 Å². The maximum absolute atomic E-state index is 11.7. The van der Waals surface area contributed by atoms with E-state index in [9.17, 15) is 4.79 Å². The minimum Gasteiger partial charge on any atom is -0.379 e. The third kappa shape index (κ3) is 2.88. The third-order valence-electron chi connectivity index (χ3n) is 3.19. The average Bonchev–Trinajstić information content (AvgIpc) is 3.07. The number of ether oxygens (including phenoxy) is 1. The van der Waals surface area contributed by atoms with E-state index in [0.29, 0.717) is 18.3 Å². The van der Waals surface area contributed by atoms with E-state index in [1.807, 2.05) is 0 Å². The van der Waals surface area contributed by atoms with Crippen molar-refractivity contribution in [3.05, 3.63) is 17.5 Å². The van der Waals surface area contributed by atoms with Crippen molar-refractivity contribution in [1.29, 1.82) is 0 Å². The SMILES string of the molecule is O=C(NC1CC1)c1cc(CN2CCOCC2)on1. The Kier molecular flexibility index (Phi) is 3.29. The van der Waals surface area contributed by atoms with E-state index in [2.05, 4.69) is 15.4 Å². The Hall–Kier alpha value is -1.40. The number of hydrogen-bond acceptors (Lipinski definition) is 5. The molecule has 0 spiro atoms. The van der Waals surface area contributed by atoms with Gasteiger partial charge in [-0.15, -0.1) is 0 Å². The van der Waals surface area contributed by atoms with Crippen molar-refractivity contribution >= 4 is 5.91 Å². The van der Waals surface area contributed by atoms with Gasteiger partial charge >= 0.3 is 0 Å². The second kappa shape index (κ2) is 5.07. The Bertz CT molecular complexity index is 422. The number of aromatic nitrogens is 1. The van der Waals surface area contributed by atoms with Gasteiger partial charge in [0.2, 0.25) is 0 Å². The van der Waals surface area contributed by atoms with Crippen molar-refractivity contribution in [2.75, 3.05) is 26.3 Å². The fourth-order valence-corrected chi connectivity index (χ4v) is 1.96. The Labute approximate surface area is 105 Å². The molecule has 0 bridgehead atoms. The van der Waals surface area contributed by atoms with E-state index in [-0.39, 0.29) is 5.91 Å². The molecule has 0 aromatic carbocycles. The normalized spacial score (nSPS) is 20.9. The van der Waals surface area contributed by atoms with Crippen molar-refractivity contribution in [1.82, 2.24) is 15.4 Å². The summed E-state index contributed by atoms with van der Waals surface area (Å²) in [7, 11) is 0. The van der Waals surface area contributed by atoms with Gasteiger partial charge in [-0.05, 0) is 12.8 Å². The molecule has 1 aliphatic heterocycles. The summed E-state index contributed by atoms with van der Waals surface area (Å²) in [5.74, 6) is 0.604. The average molecular weight is 251 g/mol. The molecule has 1 amide bonds. The third-order valence-corrected chi connectivity index (χ3v) is 3.19. The minimum absolute atomic E-state index is 0.130. The predicted octanol–water partition coefficient (Wildman–Crippen LogP) is 0.399. The first-order valence-corrected chi connectivity index (χ1v) is 6.38. The highest BCUT2D eigenvalue weighted by Crippen LogP contribution is 2.19.